The molecular formula is C19H30N6O. The standard InChI is InChI=1S/C19H30N6O/c1-4-11-26-18-12-16(2)7-8-17(18)13-22-19(20-3)21-9-5-6-10-25-14-23-24-15-25/h7-8,12,14-15H,4-6,9-11,13H2,1-3H3,(H2,20,21,22). The van der Waals surface area contributed by atoms with Crippen molar-refractivity contribution in [3.8, 4) is 5.75 Å². The number of aliphatic imine (C=N–C) groups is 1. The van der Waals surface area contributed by atoms with E-state index in [0.29, 0.717) is 6.54 Å². The number of ether oxygens (including phenoxy) is 1. The van der Waals surface area contributed by atoms with Gasteiger partial charge in [0.1, 0.15) is 18.4 Å². The number of nitrogens with zero attached hydrogens (tertiary/aromatic N) is 4. The highest BCUT2D eigenvalue weighted by Crippen LogP contribution is 2.20. The van der Waals surface area contributed by atoms with E-state index < -0.39 is 0 Å². The Bertz CT molecular complexity index is 669. The third-order valence-corrected chi connectivity index (χ3v) is 3.96. The van der Waals surface area contributed by atoms with Gasteiger partial charge in [0, 0.05) is 32.2 Å². The van der Waals surface area contributed by atoms with Gasteiger partial charge in [-0.25, -0.2) is 0 Å². The molecule has 7 heteroatoms. The molecule has 142 valence electrons. The summed E-state index contributed by atoms with van der Waals surface area (Å²) in [6, 6.07) is 6.31. The highest BCUT2D eigenvalue weighted by Gasteiger charge is 2.05. The van der Waals surface area contributed by atoms with Crippen LogP contribution in [0, 0.1) is 6.92 Å². The normalized spacial score (nSPS) is 11.4. The van der Waals surface area contributed by atoms with Gasteiger partial charge in [0.25, 0.3) is 0 Å². The Balaban J connectivity index is 1.74. The van der Waals surface area contributed by atoms with Gasteiger partial charge >= 0.3 is 0 Å². The fourth-order valence-corrected chi connectivity index (χ4v) is 2.52. The van der Waals surface area contributed by atoms with Crippen LogP contribution in [0.3, 0.4) is 0 Å². The summed E-state index contributed by atoms with van der Waals surface area (Å²) in [5.41, 5.74) is 2.34. The lowest BCUT2D eigenvalue weighted by Crippen LogP contribution is -2.37. The third kappa shape index (κ3) is 6.74. The van der Waals surface area contributed by atoms with Gasteiger partial charge in [-0.15, -0.1) is 10.2 Å². The molecular weight excluding hydrogens is 328 g/mol. The molecule has 26 heavy (non-hydrogen) atoms. The fraction of sp³-hybridized carbons (Fsp3) is 0.526. The smallest absolute Gasteiger partial charge is 0.191 e. The Hall–Kier alpha value is -2.57. The summed E-state index contributed by atoms with van der Waals surface area (Å²) in [5, 5.41) is 14.3. The number of benzene rings is 1. The van der Waals surface area contributed by atoms with Crippen LogP contribution in [-0.4, -0.2) is 40.9 Å². The zero-order valence-corrected chi connectivity index (χ0v) is 16.0. The number of unbranched alkanes of at least 4 members (excludes halogenated alkanes) is 1. The molecule has 0 atom stereocenters. The fourth-order valence-electron chi connectivity index (χ4n) is 2.52. The summed E-state index contributed by atoms with van der Waals surface area (Å²) in [4.78, 5) is 4.29. The van der Waals surface area contributed by atoms with E-state index in [1.165, 1.54) is 5.56 Å². The first-order chi connectivity index (χ1) is 12.7. The second kappa shape index (κ2) is 11.1. The van der Waals surface area contributed by atoms with Crippen molar-refractivity contribution in [3.63, 3.8) is 0 Å². The molecule has 0 spiro atoms. The van der Waals surface area contributed by atoms with Gasteiger partial charge in [0.15, 0.2) is 5.96 Å². The van der Waals surface area contributed by atoms with Crippen molar-refractivity contribution in [1.82, 2.24) is 25.4 Å². The first-order valence-corrected chi connectivity index (χ1v) is 9.22. The molecule has 0 radical (unpaired) electrons. The number of aromatic nitrogens is 3. The molecule has 0 saturated heterocycles. The Morgan fingerprint density at radius 1 is 1.19 bits per heavy atom. The highest BCUT2D eigenvalue weighted by molar-refractivity contribution is 5.79. The van der Waals surface area contributed by atoms with Crippen molar-refractivity contribution in [2.45, 2.75) is 46.2 Å². The molecule has 0 aliphatic rings. The molecule has 7 nitrogen and oxygen atoms in total. The zero-order chi connectivity index (χ0) is 18.6. The van der Waals surface area contributed by atoms with Crippen molar-refractivity contribution >= 4 is 5.96 Å². The third-order valence-electron chi connectivity index (χ3n) is 3.96. The summed E-state index contributed by atoms with van der Waals surface area (Å²) >= 11 is 0. The summed E-state index contributed by atoms with van der Waals surface area (Å²) in [6.45, 7) is 7.41. The molecule has 0 unspecified atom stereocenters. The van der Waals surface area contributed by atoms with Gasteiger partial charge in [-0.1, -0.05) is 19.1 Å². The van der Waals surface area contributed by atoms with Gasteiger partial charge < -0.3 is 19.9 Å². The molecule has 1 aromatic heterocycles. The van der Waals surface area contributed by atoms with E-state index in [-0.39, 0.29) is 0 Å². The lowest BCUT2D eigenvalue weighted by molar-refractivity contribution is 0.313. The molecule has 0 amide bonds. The van der Waals surface area contributed by atoms with Crippen LogP contribution in [0.25, 0.3) is 0 Å². The highest BCUT2D eigenvalue weighted by atomic mass is 16.5. The van der Waals surface area contributed by atoms with Gasteiger partial charge in [0.2, 0.25) is 0 Å². The Morgan fingerprint density at radius 2 is 2.00 bits per heavy atom. The van der Waals surface area contributed by atoms with E-state index in [1.54, 1.807) is 19.7 Å². The predicted octanol–water partition coefficient (Wildman–Crippen LogP) is 2.52. The zero-order valence-electron chi connectivity index (χ0n) is 16.0. The monoisotopic (exact) mass is 358 g/mol. The molecule has 2 rings (SSSR count). The number of aryl methyl sites for hydroxylation is 2. The minimum atomic E-state index is 0.680. The average Bonchev–Trinajstić information content (AvgIpc) is 3.16. The molecule has 0 aliphatic carbocycles. The predicted molar refractivity (Wildman–Crippen MR) is 104 cm³/mol. The quantitative estimate of drug-likeness (QED) is 0.388. The molecule has 1 aromatic carbocycles. The molecule has 2 aromatic rings. The maximum atomic E-state index is 5.87. The van der Waals surface area contributed by atoms with Crippen LogP contribution in [-0.2, 0) is 13.1 Å². The summed E-state index contributed by atoms with van der Waals surface area (Å²) in [5.74, 6) is 1.75. The number of hydrogen-bond donors (Lipinski definition) is 2. The lowest BCUT2D eigenvalue weighted by atomic mass is 10.1. The van der Waals surface area contributed by atoms with E-state index in [4.69, 9.17) is 4.74 Å². The number of rotatable bonds is 10. The van der Waals surface area contributed by atoms with Crippen molar-refractivity contribution in [1.29, 1.82) is 0 Å². The van der Waals surface area contributed by atoms with Crippen molar-refractivity contribution in [2.24, 2.45) is 4.99 Å². The van der Waals surface area contributed by atoms with Crippen LogP contribution in [0.1, 0.15) is 37.3 Å². The van der Waals surface area contributed by atoms with Crippen molar-refractivity contribution in [2.75, 3.05) is 20.2 Å². The molecule has 0 fully saturated rings. The van der Waals surface area contributed by atoms with Crippen molar-refractivity contribution < 1.29 is 4.74 Å². The van der Waals surface area contributed by atoms with E-state index in [9.17, 15) is 0 Å². The molecule has 2 N–H and O–H groups in total. The summed E-state index contributed by atoms with van der Waals surface area (Å²) < 4.78 is 7.86. The largest absolute Gasteiger partial charge is 0.493 e. The second-order valence-corrected chi connectivity index (χ2v) is 6.22. The van der Waals surface area contributed by atoms with Crippen LogP contribution in [0.2, 0.25) is 0 Å². The first kappa shape index (κ1) is 19.8. The molecule has 1 heterocycles. The number of guanidine groups is 1. The van der Waals surface area contributed by atoms with Crippen molar-refractivity contribution in [3.05, 3.63) is 42.0 Å². The van der Waals surface area contributed by atoms with E-state index >= 15 is 0 Å². The summed E-state index contributed by atoms with van der Waals surface area (Å²) in [6.07, 6.45) is 6.60. The van der Waals surface area contributed by atoms with Gasteiger partial charge in [-0.05, 0) is 37.8 Å². The van der Waals surface area contributed by atoms with Gasteiger partial charge in [-0.2, -0.15) is 0 Å². The Morgan fingerprint density at radius 3 is 2.73 bits per heavy atom. The average molecular weight is 358 g/mol. The van der Waals surface area contributed by atoms with Crippen LogP contribution in [0.15, 0.2) is 35.8 Å². The van der Waals surface area contributed by atoms with Crippen LogP contribution >= 0.6 is 0 Å². The maximum absolute atomic E-state index is 5.87. The molecule has 0 saturated carbocycles. The van der Waals surface area contributed by atoms with Crippen LogP contribution in [0.4, 0.5) is 0 Å². The SMILES string of the molecule is CCCOc1cc(C)ccc1CNC(=NC)NCCCCn1cnnc1. The van der Waals surface area contributed by atoms with E-state index in [0.717, 1.165) is 56.2 Å². The lowest BCUT2D eigenvalue weighted by Gasteiger charge is -2.15. The van der Waals surface area contributed by atoms with Crippen LogP contribution in [0.5, 0.6) is 5.75 Å². The topological polar surface area (TPSA) is 76.4 Å². The Labute approximate surface area is 155 Å². The van der Waals surface area contributed by atoms with E-state index in [2.05, 4.69) is 57.9 Å². The van der Waals surface area contributed by atoms with Gasteiger partial charge in [-0.3, -0.25) is 4.99 Å². The van der Waals surface area contributed by atoms with E-state index in [1.807, 2.05) is 4.57 Å². The Kier molecular flexibility index (Phi) is 8.45. The minimum absolute atomic E-state index is 0.680. The molecule has 0 aliphatic heterocycles. The maximum Gasteiger partial charge on any atom is 0.191 e. The van der Waals surface area contributed by atoms with Gasteiger partial charge in [0.05, 0.1) is 6.61 Å². The first-order valence-electron chi connectivity index (χ1n) is 9.22. The second-order valence-electron chi connectivity index (χ2n) is 6.22. The summed E-state index contributed by atoms with van der Waals surface area (Å²) in [7, 11) is 1.79. The number of nitrogens with one attached hydrogen (secondary N) is 2. The minimum Gasteiger partial charge on any atom is -0.493 e. The molecule has 0 bridgehead atoms. The van der Waals surface area contributed by atoms with Crippen LogP contribution < -0.4 is 15.4 Å². The number of hydrogen-bond acceptors (Lipinski definition) is 4.